The lowest BCUT2D eigenvalue weighted by atomic mass is 10.0. The maximum Gasteiger partial charge on any atom is 0.273 e. The van der Waals surface area contributed by atoms with E-state index in [0.717, 1.165) is 17.8 Å². The zero-order valence-corrected chi connectivity index (χ0v) is 16.3. The fraction of sp³-hybridized carbons (Fsp3) is 0.391. The van der Waals surface area contributed by atoms with Crippen molar-refractivity contribution in [1.82, 2.24) is 4.90 Å². The number of hydrogen-bond donors (Lipinski definition) is 1. The standard InChI is InChI=1S/C23H27N3O2/c1-17-7-5-6-14-26(17)16-18-10-12-20(13-11-18)24-23(27)21-15-22(28-25-21)19-8-3-2-4-9-19/h2-4,8-13,17,22H,5-7,14-16H2,1H3,(H,24,27). The van der Waals surface area contributed by atoms with Crippen LogP contribution >= 0.6 is 0 Å². The molecule has 0 aromatic heterocycles. The topological polar surface area (TPSA) is 53.9 Å². The number of rotatable bonds is 5. The van der Waals surface area contributed by atoms with Gasteiger partial charge in [-0.1, -0.05) is 54.0 Å². The third kappa shape index (κ3) is 4.42. The van der Waals surface area contributed by atoms with Crippen LogP contribution in [0.2, 0.25) is 0 Å². The summed E-state index contributed by atoms with van der Waals surface area (Å²) < 4.78 is 0. The van der Waals surface area contributed by atoms with Gasteiger partial charge >= 0.3 is 0 Å². The highest BCUT2D eigenvalue weighted by Gasteiger charge is 2.27. The van der Waals surface area contributed by atoms with Gasteiger partial charge in [0.1, 0.15) is 5.71 Å². The predicted molar refractivity (Wildman–Crippen MR) is 111 cm³/mol. The monoisotopic (exact) mass is 377 g/mol. The summed E-state index contributed by atoms with van der Waals surface area (Å²) in [4.78, 5) is 20.5. The highest BCUT2D eigenvalue weighted by Crippen LogP contribution is 2.27. The molecule has 4 rings (SSSR count). The molecule has 2 aliphatic heterocycles. The van der Waals surface area contributed by atoms with E-state index in [-0.39, 0.29) is 12.0 Å². The first-order valence-corrected chi connectivity index (χ1v) is 10.1. The minimum absolute atomic E-state index is 0.184. The molecule has 0 bridgehead atoms. The molecule has 1 fully saturated rings. The molecule has 146 valence electrons. The van der Waals surface area contributed by atoms with Crippen molar-refractivity contribution < 1.29 is 9.63 Å². The predicted octanol–water partition coefficient (Wildman–Crippen LogP) is 4.52. The van der Waals surface area contributed by atoms with Gasteiger partial charge in [0.05, 0.1) is 0 Å². The van der Waals surface area contributed by atoms with E-state index in [1.807, 2.05) is 42.5 Å². The number of nitrogens with zero attached hydrogens (tertiary/aromatic N) is 2. The average molecular weight is 377 g/mol. The van der Waals surface area contributed by atoms with Gasteiger partial charge in [-0.3, -0.25) is 9.69 Å². The van der Waals surface area contributed by atoms with E-state index in [0.29, 0.717) is 18.2 Å². The Labute approximate surface area is 166 Å². The maximum atomic E-state index is 12.5. The first kappa shape index (κ1) is 18.7. The molecule has 0 aliphatic carbocycles. The minimum Gasteiger partial charge on any atom is -0.387 e. The fourth-order valence-electron chi connectivity index (χ4n) is 3.88. The normalized spacial score (nSPS) is 22.4. The van der Waals surface area contributed by atoms with E-state index >= 15 is 0 Å². The van der Waals surface area contributed by atoms with Crippen molar-refractivity contribution in [2.75, 3.05) is 11.9 Å². The summed E-state index contributed by atoms with van der Waals surface area (Å²) in [7, 11) is 0. The van der Waals surface area contributed by atoms with Gasteiger partial charge in [0.15, 0.2) is 6.10 Å². The van der Waals surface area contributed by atoms with Crippen molar-refractivity contribution in [3.8, 4) is 0 Å². The average Bonchev–Trinajstić information content (AvgIpc) is 3.22. The number of benzene rings is 2. The van der Waals surface area contributed by atoms with Gasteiger partial charge in [-0.25, -0.2) is 0 Å². The van der Waals surface area contributed by atoms with Crippen molar-refractivity contribution in [3.05, 3.63) is 65.7 Å². The number of amides is 1. The molecule has 1 amide bonds. The van der Waals surface area contributed by atoms with Crippen LogP contribution in [-0.2, 0) is 16.2 Å². The van der Waals surface area contributed by atoms with E-state index in [9.17, 15) is 4.79 Å². The Bertz CT molecular complexity index is 833. The number of oxime groups is 1. The van der Waals surface area contributed by atoms with E-state index in [1.54, 1.807) is 0 Å². The number of hydrogen-bond acceptors (Lipinski definition) is 4. The number of piperidine rings is 1. The van der Waals surface area contributed by atoms with Crippen molar-refractivity contribution in [3.63, 3.8) is 0 Å². The largest absolute Gasteiger partial charge is 0.387 e. The lowest BCUT2D eigenvalue weighted by molar-refractivity contribution is -0.110. The van der Waals surface area contributed by atoms with Gasteiger partial charge in [-0.05, 0) is 49.6 Å². The Morgan fingerprint density at radius 3 is 2.68 bits per heavy atom. The van der Waals surface area contributed by atoms with Gasteiger partial charge in [-0.15, -0.1) is 0 Å². The second-order valence-corrected chi connectivity index (χ2v) is 7.71. The van der Waals surface area contributed by atoms with Crippen molar-refractivity contribution >= 4 is 17.3 Å². The van der Waals surface area contributed by atoms with Crippen LogP contribution in [0.4, 0.5) is 5.69 Å². The summed E-state index contributed by atoms with van der Waals surface area (Å²) in [5.41, 5.74) is 3.52. The SMILES string of the molecule is CC1CCCCN1Cc1ccc(NC(=O)C2=NOC(c3ccccc3)C2)cc1. The van der Waals surface area contributed by atoms with Gasteiger partial charge in [0, 0.05) is 24.7 Å². The first-order valence-electron chi connectivity index (χ1n) is 10.1. The Morgan fingerprint density at radius 1 is 1.14 bits per heavy atom. The Hall–Kier alpha value is -2.66. The highest BCUT2D eigenvalue weighted by molar-refractivity contribution is 6.43. The Balaban J connectivity index is 1.31. The Kier molecular flexibility index (Phi) is 5.72. The van der Waals surface area contributed by atoms with Crippen LogP contribution in [0.3, 0.4) is 0 Å². The van der Waals surface area contributed by atoms with Crippen LogP contribution in [0, 0.1) is 0 Å². The molecule has 2 unspecified atom stereocenters. The van der Waals surface area contributed by atoms with Gasteiger partial charge < -0.3 is 10.2 Å². The number of anilines is 1. The second kappa shape index (κ2) is 8.57. The van der Waals surface area contributed by atoms with E-state index in [4.69, 9.17) is 4.84 Å². The lowest BCUT2D eigenvalue weighted by Gasteiger charge is -2.33. The summed E-state index contributed by atoms with van der Waals surface area (Å²) in [5, 5.41) is 6.92. The van der Waals surface area contributed by atoms with Crippen molar-refractivity contribution in [1.29, 1.82) is 0 Å². The highest BCUT2D eigenvalue weighted by atomic mass is 16.6. The molecule has 2 aromatic rings. The fourth-order valence-corrected chi connectivity index (χ4v) is 3.88. The molecule has 1 saturated heterocycles. The van der Waals surface area contributed by atoms with Crippen LogP contribution in [0.25, 0.3) is 0 Å². The molecular formula is C23H27N3O2. The van der Waals surface area contributed by atoms with Gasteiger partial charge in [-0.2, -0.15) is 0 Å². The van der Waals surface area contributed by atoms with Gasteiger partial charge in [0.25, 0.3) is 5.91 Å². The molecular weight excluding hydrogens is 350 g/mol. The quantitative estimate of drug-likeness (QED) is 0.834. The number of nitrogens with one attached hydrogen (secondary N) is 1. The van der Waals surface area contributed by atoms with Crippen LogP contribution in [0.15, 0.2) is 59.8 Å². The van der Waals surface area contributed by atoms with Gasteiger partial charge in [0.2, 0.25) is 0 Å². The van der Waals surface area contributed by atoms with E-state index in [1.165, 1.54) is 31.4 Å². The summed E-state index contributed by atoms with van der Waals surface area (Å²) >= 11 is 0. The number of carbonyl (C=O) groups is 1. The number of carbonyl (C=O) groups excluding carboxylic acids is 1. The summed E-state index contributed by atoms with van der Waals surface area (Å²) in [6.07, 6.45) is 4.20. The lowest BCUT2D eigenvalue weighted by Crippen LogP contribution is -2.36. The molecule has 2 atom stereocenters. The van der Waals surface area contributed by atoms with E-state index < -0.39 is 0 Å². The minimum atomic E-state index is -0.198. The molecule has 2 heterocycles. The van der Waals surface area contributed by atoms with Crippen LogP contribution in [-0.4, -0.2) is 29.1 Å². The van der Waals surface area contributed by atoms with Crippen molar-refractivity contribution in [2.45, 2.75) is 51.3 Å². The zero-order valence-electron chi connectivity index (χ0n) is 16.3. The molecule has 5 heteroatoms. The second-order valence-electron chi connectivity index (χ2n) is 7.71. The molecule has 28 heavy (non-hydrogen) atoms. The van der Waals surface area contributed by atoms with Crippen LogP contribution < -0.4 is 5.32 Å². The smallest absolute Gasteiger partial charge is 0.273 e. The summed E-state index contributed by atoms with van der Waals surface area (Å²) in [6, 6.07) is 18.6. The van der Waals surface area contributed by atoms with Crippen LogP contribution in [0.5, 0.6) is 0 Å². The Morgan fingerprint density at radius 2 is 1.93 bits per heavy atom. The molecule has 5 nitrogen and oxygen atoms in total. The third-order valence-electron chi connectivity index (χ3n) is 5.64. The molecule has 2 aromatic carbocycles. The molecule has 1 N–H and O–H groups in total. The number of likely N-dealkylation sites (tertiary alicyclic amines) is 1. The maximum absolute atomic E-state index is 12.5. The van der Waals surface area contributed by atoms with E-state index in [2.05, 4.69) is 34.4 Å². The third-order valence-corrected chi connectivity index (χ3v) is 5.64. The van der Waals surface area contributed by atoms with Crippen molar-refractivity contribution in [2.24, 2.45) is 5.16 Å². The molecule has 2 aliphatic rings. The summed E-state index contributed by atoms with van der Waals surface area (Å²) in [5.74, 6) is -0.198. The first-order chi connectivity index (χ1) is 13.7. The zero-order chi connectivity index (χ0) is 19.3. The molecule has 0 spiro atoms. The molecule has 0 radical (unpaired) electrons. The van der Waals surface area contributed by atoms with Crippen LogP contribution in [0.1, 0.15) is 49.8 Å². The summed E-state index contributed by atoms with van der Waals surface area (Å²) in [6.45, 7) is 4.44. The molecule has 0 saturated carbocycles.